The molecule has 1 N–H and O–H groups in total. The van der Waals surface area contributed by atoms with E-state index in [9.17, 15) is 4.79 Å². The zero-order chi connectivity index (χ0) is 23.5. The summed E-state index contributed by atoms with van der Waals surface area (Å²) in [7, 11) is 0. The van der Waals surface area contributed by atoms with Crippen LogP contribution in [-0.4, -0.2) is 74.0 Å². The molecular weight excluding hydrogens is 654 g/mol. The Bertz CT molecular complexity index is 1120. The van der Waals surface area contributed by atoms with Gasteiger partial charge in [0.15, 0.2) is 0 Å². The summed E-state index contributed by atoms with van der Waals surface area (Å²) >= 11 is 5.00. The Kier molecular flexibility index (Phi) is 7.87. The molecular formula is C26H28I2N4O2. The maximum Gasteiger partial charge on any atom is 0.254 e. The van der Waals surface area contributed by atoms with Gasteiger partial charge >= 0.3 is 0 Å². The Morgan fingerprint density at radius 2 is 1.76 bits per heavy atom. The number of piperidine rings is 1. The van der Waals surface area contributed by atoms with Gasteiger partial charge in [-0.2, -0.15) is 0 Å². The van der Waals surface area contributed by atoms with Crippen LogP contribution in [-0.2, 0) is 11.3 Å². The van der Waals surface area contributed by atoms with E-state index in [4.69, 9.17) is 4.74 Å². The molecule has 6 nitrogen and oxygen atoms in total. The average Bonchev–Trinajstić information content (AvgIpc) is 2.87. The monoisotopic (exact) mass is 682 g/mol. The minimum atomic E-state index is 0.103. The van der Waals surface area contributed by atoms with E-state index in [0.717, 1.165) is 68.0 Å². The van der Waals surface area contributed by atoms with Crippen molar-refractivity contribution in [3.05, 3.63) is 72.1 Å². The maximum absolute atomic E-state index is 13.4. The number of pyridine rings is 1. The third-order valence-corrected chi connectivity index (χ3v) is 8.90. The van der Waals surface area contributed by atoms with Crippen LogP contribution in [0.5, 0.6) is 0 Å². The number of ether oxygens (including phenoxy) is 1. The van der Waals surface area contributed by atoms with Crippen molar-refractivity contribution in [2.75, 3.05) is 44.7 Å². The van der Waals surface area contributed by atoms with Crippen molar-refractivity contribution >= 4 is 67.5 Å². The molecule has 0 aliphatic carbocycles. The van der Waals surface area contributed by atoms with Crippen LogP contribution >= 0.6 is 45.2 Å². The molecule has 0 saturated carbocycles. The molecule has 178 valence electrons. The molecule has 0 radical (unpaired) electrons. The highest BCUT2D eigenvalue weighted by Crippen LogP contribution is 2.29. The van der Waals surface area contributed by atoms with E-state index < -0.39 is 0 Å². The number of carbonyl (C=O) groups is 1. The molecule has 3 atom stereocenters. The lowest BCUT2D eigenvalue weighted by atomic mass is 10.0. The number of likely N-dealkylation sites (tertiary alicyclic amines) is 1. The van der Waals surface area contributed by atoms with Crippen LogP contribution in [0.3, 0.4) is 0 Å². The number of fused-ring (bicyclic) bond motifs is 1. The number of halogens is 2. The quantitative estimate of drug-likeness (QED) is 0.315. The average molecular weight is 682 g/mol. The summed E-state index contributed by atoms with van der Waals surface area (Å²) in [6.07, 6.45) is 3.57. The molecule has 2 aromatic carbocycles. The first-order chi connectivity index (χ1) is 16.6. The Morgan fingerprint density at radius 1 is 1.03 bits per heavy atom. The van der Waals surface area contributed by atoms with Gasteiger partial charge in [-0.05, 0) is 35.2 Å². The minimum absolute atomic E-state index is 0.103. The first-order valence-electron chi connectivity index (χ1n) is 11.6. The van der Waals surface area contributed by atoms with Crippen LogP contribution in [0.2, 0.25) is 0 Å². The van der Waals surface area contributed by atoms with Crippen LogP contribution in [0.25, 0.3) is 10.8 Å². The van der Waals surface area contributed by atoms with Crippen LogP contribution in [0, 0.1) is 0 Å². The summed E-state index contributed by atoms with van der Waals surface area (Å²) in [6.45, 7) is 6.08. The lowest BCUT2D eigenvalue weighted by molar-refractivity contribution is 0.0342. The lowest BCUT2D eigenvalue weighted by Crippen LogP contribution is -2.55. The van der Waals surface area contributed by atoms with E-state index in [1.165, 1.54) is 5.56 Å². The van der Waals surface area contributed by atoms with Gasteiger partial charge in [0.05, 0.1) is 19.3 Å². The molecule has 5 rings (SSSR count). The highest BCUT2D eigenvalue weighted by Gasteiger charge is 2.36. The molecule has 2 saturated heterocycles. The van der Waals surface area contributed by atoms with E-state index in [0.29, 0.717) is 13.9 Å². The second kappa shape index (κ2) is 11.0. The zero-order valence-corrected chi connectivity index (χ0v) is 23.2. The third-order valence-electron chi connectivity index (χ3n) is 6.56. The fourth-order valence-corrected chi connectivity index (χ4v) is 7.80. The summed E-state index contributed by atoms with van der Waals surface area (Å²) in [5.41, 5.74) is 3.23. The molecule has 3 aromatic rings. The van der Waals surface area contributed by atoms with Gasteiger partial charge in [0.1, 0.15) is 0 Å². The topological polar surface area (TPSA) is 57.7 Å². The number of hydrogen-bond donors (Lipinski definition) is 1. The molecule has 2 aliphatic heterocycles. The van der Waals surface area contributed by atoms with Crippen molar-refractivity contribution in [1.29, 1.82) is 0 Å². The number of anilines is 1. The number of hydrogen-bond acceptors (Lipinski definition) is 5. The first-order valence-corrected chi connectivity index (χ1v) is 14.1. The van der Waals surface area contributed by atoms with Crippen molar-refractivity contribution in [1.82, 2.24) is 14.8 Å². The first kappa shape index (κ1) is 24.2. The maximum atomic E-state index is 13.4. The van der Waals surface area contributed by atoms with Gasteiger partial charge in [0, 0.05) is 69.6 Å². The van der Waals surface area contributed by atoms with Gasteiger partial charge in [-0.3, -0.25) is 14.7 Å². The van der Waals surface area contributed by atoms with E-state index in [1.54, 1.807) is 6.20 Å². The second-order valence-corrected chi connectivity index (χ2v) is 12.1. The number of alkyl halides is 2. The van der Waals surface area contributed by atoms with E-state index in [1.807, 2.05) is 35.4 Å². The van der Waals surface area contributed by atoms with Crippen molar-refractivity contribution in [2.24, 2.45) is 0 Å². The predicted molar refractivity (Wildman–Crippen MR) is 153 cm³/mol. The Morgan fingerprint density at radius 3 is 2.50 bits per heavy atom. The van der Waals surface area contributed by atoms with Crippen molar-refractivity contribution in [3.8, 4) is 0 Å². The predicted octanol–water partition coefficient (Wildman–Crippen LogP) is 4.61. The third kappa shape index (κ3) is 5.50. The highest BCUT2D eigenvalue weighted by atomic mass is 127. The number of nitrogens with one attached hydrogen (secondary N) is 1. The molecule has 1 aromatic heterocycles. The van der Waals surface area contributed by atoms with Gasteiger partial charge in [-0.25, -0.2) is 0 Å². The number of rotatable bonds is 5. The number of nitrogens with zero attached hydrogens (tertiary/aromatic N) is 3. The van der Waals surface area contributed by atoms with E-state index >= 15 is 0 Å². The number of amides is 1. The van der Waals surface area contributed by atoms with Gasteiger partial charge < -0.3 is 15.0 Å². The summed E-state index contributed by atoms with van der Waals surface area (Å²) in [5, 5.41) is 5.71. The SMILES string of the molecule is O=C(c1cccc2cnccc12)N1C[C@@H](I)[C@H](Nc2ccc(CN3CCOCC3)cc2)[C@@H](I)C1. The summed E-state index contributed by atoms with van der Waals surface area (Å²) in [5.74, 6) is 0.103. The molecule has 2 fully saturated rings. The number of morpholine rings is 1. The summed E-state index contributed by atoms with van der Waals surface area (Å²) in [4.78, 5) is 22.1. The van der Waals surface area contributed by atoms with Crippen molar-refractivity contribution < 1.29 is 9.53 Å². The number of aromatic nitrogens is 1. The van der Waals surface area contributed by atoms with Crippen LogP contribution in [0.4, 0.5) is 5.69 Å². The Balaban J connectivity index is 1.22. The van der Waals surface area contributed by atoms with E-state index in [-0.39, 0.29) is 5.91 Å². The Hall–Kier alpha value is -1.50. The molecule has 3 heterocycles. The van der Waals surface area contributed by atoms with Gasteiger partial charge in [-0.1, -0.05) is 69.4 Å². The number of benzene rings is 2. The van der Waals surface area contributed by atoms with Crippen LogP contribution in [0.1, 0.15) is 15.9 Å². The normalized spacial score (nSPS) is 23.7. The molecule has 2 aliphatic rings. The Labute approximate surface area is 227 Å². The van der Waals surface area contributed by atoms with Gasteiger partial charge in [0.2, 0.25) is 0 Å². The molecule has 8 heteroatoms. The molecule has 0 spiro atoms. The fraction of sp³-hybridized carbons (Fsp3) is 0.385. The summed E-state index contributed by atoms with van der Waals surface area (Å²) < 4.78 is 6.06. The largest absolute Gasteiger partial charge is 0.380 e. The standard InChI is InChI=1S/C26H28I2N4O2/c27-23-16-32(26(33)22-3-1-2-19-14-29-9-8-21(19)22)17-24(28)25(23)30-20-6-4-18(5-7-20)15-31-10-12-34-13-11-31/h1-9,14,23-25,30H,10-13,15-17H2/t23-,24+,25+. The van der Waals surface area contributed by atoms with Crippen LogP contribution in [0.15, 0.2) is 60.9 Å². The molecule has 0 unspecified atom stereocenters. The minimum Gasteiger partial charge on any atom is -0.380 e. The highest BCUT2D eigenvalue weighted by molar-refractivity contribution is 14.1. The van der Waals surface area contributed by atoms with Gasteiger partial charge in [-0.15, -0.1) is 0 Å². The fourth-order valence-electron chi connectivity index (χ4n) is 4.69. The smallest absolute Gasteiger partial charge is 0.254 e. The zero-order valence-electron chi connectivity index (χ0n) is 18.9. The van der Waals surface area contributed by atoms with E-state index in [2.05, 4.69) is 84.6 Å². The summed E-state index contributed by atoms with van der Waals surface area (Å²) in [6, 6.07) is 16.9. The van der Waals surface area contributed by atoms with Gasteiger partial charge in [0.25, 0.3) is 5.91 Å². The molecule has 0 bridgehead atoms. The second-order valence-electron chi connectivity index (χ2n) is 8.90. The van der Waals surface area contributed by atoms with Crippen molar-refractivity contribution in [2.45, 2.75) is 20.4 Å². The number of carbonyl (C=O) groups excluding carboxylic acids is 1. The lowest BCUT2D eigenvalue weighted by Gasteiger charge is -2.40. The molecule has 34 heavy (non-hydrogen) atoms. The van der Waals surface area contributed by atoms with Crippen molar-refractivity contribution in [3.63, 3.8) is 0 Å². The molecule has 1 amide bonds. The van der Waals surface area contributed by atoms with Crippen LogP contribution < -0.4 is 5.32 Å².